The summed E-state index contributed by atoms with van der Waals surface area (Å²) in [5, 5.41) is 0. The van der Waals surface area contributed by atoms with Crippen molar-refractivity contribution in [3.05, 3.63) is 36.1 Å². The highest BCUT2D eigenvalue weighted by atomic mass is 19.1. The number of unbranched alkanes of at least 4 members (excludes halogenated alkanes) is 3. The summed E-state index contributed by atoms with van der Waals surface area (Å²) in [5.41, 5.74) is 0. The van der Waals surface area contributed by atoms with Crippen molar-refractivity contribution in [1.82, 2.24) is 0 Å². The van der Waals surface area contributed by atoms with E-state index in [0.29, 0.717) is 0 Å². The number of hydrogen-bond donors (Lipinski definition) is 0. The molecule has 0 aliphatic carbocycles. The standard InChI is InChI=1S/C6H5F.C6H14/c7-6-4-2-1-3-5-6;1-3-5-6-4-2/h1-5H;3-6H2,1-2H3. The van der Waals surface area contributed by atoms with Gasteiger partial charge in [0.05, 0.1) is 0 Å². The Hall–Kier alpha value is -0.850. The number of halogens is 1. The summed E-state index contributed by atoms with van der Waals surface area (Å²) in [7, 11) is 0. The van der Waals surface area contributed by atoms with Crippen LogP contribution in [0.2, 0.25) is 0 Å². The number of hydrogen-bond acceptors (Lipinski definition) is 0. The average molecular weight is 182 g/mol. The molecule has 0 heterocycles. The van der Waals surface area contributed by atoms with Crippen LogP contribution in [0.4, 0.5) is 4.39 Å². The maximum atomic E-state index is 11.9. The summed E-state index contributed by atoms with van der Waals surface area (Å²) in [6, 6.07) is 7.94. The Bertz CT molecular complexity index is 178. The van der Waals surface area contributed by atoms with E-state index in [0.717, 1.165) is 0 Å². The molecule has 0 aromatic heterocycles. The molecule has 0 N–H and O–H groups in total. The van der Waals surface area contributed by atoms with E-state index in [1.165, 1.54) is 37.8 Å². The van der Waals surface area contributed by atoms with Gasteiger partial charge in [-0.15, -0.1) is 0 Å². The third-order valence-corrected chi connectivity index (χ3v) is 1.69. The quantitative estimate of drug-likeness (QED) is 0.607. The maximum absolute atomic E-state index is 11.9. The summed E-state index contributed by atoms with van der Waals surface area (Å²) in [4.78, 5) is 0. The molecule has 74 valence electrons. The van der Waals surface area contributed by atoms with Crippen molar-refractivity contribution in [2.75, 3.05) is 0 Å². The van der Waals surface area contributed by atoms with Gasteiger partial charge in [0.1, 0.15) is 5.82 Å². The van der Waals surface area contributed by atoms with Crippen LogP contribution in [0, 0.1) is 5.82 Å². The van der Waals surface area contributed by atoms with Crippen LogP contribution in [0.5, 0.6) is 0 Å². The second kappa shape index (κ2) is 9.24. The van der Waals surface area contributed by atoms with Gasteiger partial charge in [-0.3, -0.25) is 0 Å². The lowest BCUT2D eigenvalue weighted by atomic mass is 10.2. The van der Waals surface area contributed by atoms with E-state index in [-0.39, 0.29) is 5.82 Å². The molecule has 13 heavy (non-hydrogen) atoms. The zero-order valence-electron chi connectivity index (χ0n) is 8.59. The maximum Gasteiger partial charge on any atom is 0.123 e. The molecule has 1 rings (SSSR count). The SMILES string of the molecule is CCCCCC.Fc1ccccc1. The topological polar surface area (TPSA) is 0 Å². The van der Waals surface area contributed by atoms with Crippen molar-refractivity contribution >= 4 is 0 Å². The highest BCUT2D eigenvalue weighted by molar-refractivity contribution is 5.02. The zero-order valence-corrected chi connectivity index (χ0v) is 8.59. The Morgan fingerprint density at radius 1 is 0.923 bits per heavy atom. The van der Waals surface area contributed by atoms with Gasteiger partial charge in [0.15, 0.2) is 0 Å². The first-order valence-corrected chi connectivity index (χ1v) is 5.01. The molecule has 0 fully saturated rings. The van der Waals surface area contributed by atoms with Gasteiger partial charge in [0.2, 0.25) is 0 Å². The van der Waals surface area contributed by atoms with Gasteiger partial charge in [-0.25, -0.2) is 4.39 Å². The minimum atomic E-state index is -0.178. The van der Waals surface area contributed by atoms with Crippen molar-refractivity contribution in [3.63, 3.8) is 0 Å². The van der Waals surface area contributed by atoms with Gasteiger partial charge >= 0.3 is 0 Å². The normalized spacial score (nSPS) is 8.85. The second-order valence-corrected chi connectivity index (χ2v) is 3.00. The number of rotatable bonds is 3. The first-order chi connectivity index (χ1) is 6.31. The zero-order chi connectivity index (χ0) is 9.94. The van der Waals surface area contributed by atoms with Crippen molar-refractivity contribution in [1.29, 1.82) is 0 Å². The van der Waals surface area contributed by atoms with E-state index in [1.54, 1.807) is 18.2 Å². The van der Waals surface area contributed by atoms with Gasteiger partial charge in [0.25, 0.3) is 0 Å². The van der Waals surface area contributed by atoms with E-state index in [1.807, 2.05) is 0 Å². The molecular weight excluding hydrogens is 163 g/mol. The van der Waals surface area contributed by atoms with Crippen molar-refractivity contribution in [3.8, 4) is 0 Å². The molecular formula is C12H19F. The van der Waals surface area contributed by atoms with Crippen molar-refractivity contribution in [2.24, 2.45) is 0 Å². The average Bonchev–Trinajstić information content (AvgIpc) is 2.17. The van der Waals surface area contributed by atoms with E-state index in [2.05, 4.69) is 13.8 Å². The predicted molar refractivity (Wildman–Crippen MR) is 56.2 cm³/mol. The molecule has 1 heteroatoms. The molecule has 1 aromatic rings. The van der Waals surface area contributed by atoms with Crippen molar-refractivity contribution in [2.45, 2.75) is 39.5 Å². The van der Waals surface area contributed by atoms with E-state index in [9.17, 15) is 4.39 Å². The Labute approximate surface area is 80.8 Å². The summed E-state index contributed by atoms with van der Waals surface area (Å²) < 4.78 is 11.9. The Morgan fingerprint density at radius 3 is 1.62 bits per heavy atom. The van der Waals surface area contributed by atoms with Crippen LogP contribution in [-0.4, -0.2) is 0 Å². The van der Waals surface area contributed by atoms with Gasteiger partial charge in [0, 0.05) is 0 Å². The summed E-state index contributed by atoms with van der Waals surface area (Å²) >= 11 is 0. The third-order valence-electron chi connectivity index (χ3n) is 1.69. The highest BCUT2D eigenvalue weighted by Gasteiger charge is 1.77. The molecule has 0 aliphatic heterocycles. The fourth-order valence-electron chi connectivity index (χ4n) is 0.915. The molecule has 0 nitrogen and oxygen atoms in total. The van der Waals surface area contributed by atoms with E-state index < -0.39 is 0 Å². The summed E-state index contributed by atoms with van der Waals surface area (Å²) in [6.07, 6.45) is 5.54. The van der Waals surface area contributed by atoms with Crippen LogP contribution in [0.25, 0.3) is 0 Å². The summed E-state index contributed by atoms with van der Waals surface area (Å²) in [6.45, 7) is 4.46. The molecule has 0 saturated heterocycles. The van der Waals surface area contributed by atoms with Gasteiger partial charge < -0.3 is 0 Å². The van der Waals surface area contributed by atoms with Gasteiger partial charge in [-0.05, 0) is 12.1 Å². The van der Waals surface area contributed by atoms with Gasteiger partial charge in [-0.2, -0.15) is 0 Å². The first kappa shape index (κ1) is 12.2. The Morgan fingerprint density at radius 2 is 1.38 bits per heavy atom. The molecule has 0 atom stereocenters. The molecule has 0 radical (unpaired) electrons. The van der Waals surface area contributed by atoms with Crippen LogP contribution in [0.1, 0.15) is 39.5 Å². The molecule has 0 bridgehead atoms. The lowest BCUT2D eigenvalue weighted by molar-refractivity contribution is 0.628. The lowest BCUT2D eigenvalue weighted by Crippen LogP contribution is -1.66. The molecule has 0 saturated carbocycles. The molecule has 0 aliphatic rings. The minimum absolute atomic E-state index is 0.178. The monoisotopic (exact) mass is 182 g/mol. The third kappa shape index (κ3) is 9.06. The van der Waals surface area contributed by atoms with Crippen LogP contribution in [-0.2, 0) is 0 Å². The molecule has 0 unspecified atom stereocenters. The van der Waals surface area contributed by atoms with Crippen LogP contribution in [0.15, 0.2) is 30.3 Å². The van der Waals surface area contributed by atoms with Crippen LogP contribution >= 0.6 is 0 Å². The molecule has 0 amide bonds. The Kier molecular flexibility index (Phi) is 8.64. The minimum Gasteiger partial charge on any atom is -0.207 e. The largest absolute Gasteiger partial charge is 0.207 e. The molecule has 0 spiro atoms. The summed E-state index contributed by atoms with van der Waals surface area (Å²) in [5.74, 6) is -0.178. The van der Waals surface area contributed by atoms with E-state index in [4.69, 9.17) is 0 Å². The second-order valence-electron chi connectivity index (χ2n) is 3.00. The Balaban J connectivity index is 0.000000226. The lowest BCUT2D eigenvalue weighted by Gasteiger charge is -1.86. The smallest absolute Gasteiger partial charge is 0.123 e. The van der Waals surface area contributed by atoms with Crippen molar-refractivity contribution < 1.29 is 4.39 Å². The highest BCUT2D eigenvalue weighted by Crippen LogP contribution is 1.95. The number of benzene rings is 1. The van der Waals surface area contributed by atoms with Gasteiger partial charge in [-0.1, -0.05) is 57.7 Å². The van der Waals surface area contributed by atoms with Crippen LogP contribution in [0.3, 0.4) is 0 Å². The van der Waals surface area contributed by atoms with E-state index >= 15 is 0 Å². The van der Waals surface area contributed by atoms with Crippen LogP contribution < -0.4 is 0 Å². The predicted octanol–water partition coefficient (Wildman–Crippen LogP) is 4.41. The fraction of sp³-hybridized carbons (Fsp3) is 0.500. The molecule has 1 aromatic carbocycles. The fourth-order valence-corrected chi connectivity index (χ4v) is 0.915. The first-order valence-electron chi connectivity index (χ1n) is 5.01.